The lowest BCUT2D eigenvalue weighted by molar-refractivity contribution is 0.275. The van der Waals surface area contributed by atoms with Crippen LogP contribution >= 0.6 is 11.3 Å². The maximum atomic E-state index is 12.0. The molecular weight excluding hydrogens is 274 g/mol. The van der Waals surface area contributed by atoms with Gasteiger partial charge in [-0.2, -0.15) is 17.4 Å². The second-order valence-corrected chi connectivity index (χ2v) is 6.59. The first-order chi connectivity index (χ1) is 8.51. The first kappa shape index (κ1) is 15.5. The molecule has 6 nitrogen and oxygen atoms in total. The van der Waals surface area contributed by atoms with Gasteiger partial charge in [0.1, 0.15) is 5.01 Å². The SMILES string of the molecule is CCC(NS(=O)(=O)N(C)CCCO)c1nccs1. The average molecular weight is 293 g/mol. The molecule has 1 rings (SSSR count). The average Bonchev–Trinajstić information content (AvgIpc) is 2.86. The number of rotatable bonds is 8. The van der Waals surface area contributed by atoms with Gasteiger partial charge in [0.2, 0.25) is 0 Å². The predicted octanol–water partition coefficient (Wildman–Crippen LogP) is 0.743. The zero-order valence-corrected chi connectivity index (χ0v) is 12.2. The third kappa shape index (κ3) is 4.29. The van der Waals surface area contributed by atoms with Gasteiger partial charge in [0.05, 0.1) is 6.04 Å². The molecule has 18 heavy (non-hydrogen) atoms. The van der Waals surface area contributed by atoms with E-state index >= 15 is 0 Å². The number of aliphatic hydroxyl groups is 1. The molecule has 2 N–H and O–H groups in total. The molecule has 0 aliphatic carbocycles. The topological polar surface area (TPSA) is 82.5 Å². The van der Waals surface area contributed by atoms with E-state index in [2.05, 4.69) is 9.71 Å². The zero-order valence-electron chi connectivity index (χ0n) is 10.5. The van der Waals surface area contributed by atoms with Crippen LogP contribution in [-0.2, 0) is 10.2 Å². The molecule has 8 heteroatoms. The zero-order chi connectivity index (χ0) is 13.6. The number of nitrogens with zero attached hydrogens (tertiary/aromatic N) is 2. The second-order valence-electron chi connectivity index (χ2n) is 3.85. The van der Waals surface area contributed by atoms with Crippen molar-refractivity contribution in [1.82, 2.24) is 14.0 Å². The predicted molar refractivity (Wildman–Crippen MR) is 71.5 cm³/mol. The van der Waals surface area contributed by atoms with Gasteiger partial charge in [-0.15, -0.1) is 11.3 Å². The number of hydrogen-bond acceptors (Lipinski definition) is 5. The highest BCUT2D eigenvalue weighted by molar-refractivity contribution is 7.87. The Bertz CT molecular complexity index is 433. The van der Waals surface area contributed by atoms with Crippen molar-refractivity contribution < 1.29 is 13.5 Å². The molecule has 0 spiro atoms. The molecule has 0 aliphatic rings. The molecule has 1 heterocycles. The first-order valence-electron chi connectivity index (χ1n) is 5.75. The maximum Gasteiger partial charge on any atom is 0.279 e. The number of nitrogens with one attached hydrogen (secondary N) is 1. The molecule has 0 aromatic carbocycles. The van der Waals surface area contributed by atoms with Crippen LogP contribution in [0, 0.1) is 0 Å². The van der Waals surface area contributed by atoms with Crippen LogP contribution in [-0.4, -0.2) is 43.0 Å². The van der Waals surface area contributed by atoms with E-state index in [0.717, 1.165) is 5.01 Å². The molecular formula is C10H19N3O3S2. The largest absolute Gasteiger partial charge is 0.396 e. The van der Waals surface area contributed by atoms with Crippen molar-refractivity contribution in [3.63, 3.8) is 0 Å². The number of aromatic nitrogens is 1. The molecule has 1 aromatic heterocycles. The summed E-state index contributed by atoms with van der Waals surface area (Å²) in [6.07, 6.45) is 2.72. The Balaban J connectivity index is 2.68. The van der Waals surface area contributed by atoms with E-state index in [1.165, 1.54) is 22.7 Å². The van der Waals surface area contributed by atoms with Gasteiger partial charge in [-0.05, 0) is 12.8 Å². The summed E-state index contributed by atoms with van der Waals surface area (Å²) in [4.78, 5) is 4.13. The van der Waals surface area contributed by atoms with Crippen molar-refractivity contribution in [2.45, 2.75) is 25.8 Å². The summed E-state index contributed by atoms with van der Waals surface area (Å²) in [7, 11) is -2.04. The van der Waals surface area contributed by atoms with Crippen LogP contribution in [0.4, 0.5) is 0 Å². The van der Waals surface area contributed by atoms with Gasteiger partial charge in [0.25, 0.3) is 10.2 Å². The monoisotopic (exact) mass is 293 g/mol. The fraction of sp³-hybridized carbons (Fsp3) is 0.700. The van der Waals surface area contributed by atoms with Crippen molar-refractivity contribution in [1.29, 1.82) is 0 Å². The Morgan fingerprint density at radius 2 is 2.33 bits per heavy atom. The fourth-order valence-corrected chi connectivity index (χ4v) is 3.43. The maximum absolute atomic E-state index is 12.0. The summed E-state index contributed by atoms with van der Waals surface area (Å²) < 4.78 is 27.8. The molecule has 1 atom stereocenters. The van der Waals surface area contributed by atoms with Crippen molar-refractivity contribution >= 4 is 21.5 Å². The molecule has 0 aliphatic heterocycles. The Morgan fingerprint density at radius 3 is 2.83 bits per heavy atom. The third-order valence-electron chi connectivity index (χ3n) is 2.49. The minimum absolute atomic E-state index is 0.0243. The number of aliphatic hydroxyl groups excluding tert-OH is 1. The van der Waals surface area contributed by atoms with E-state index in [-0.39, 0.29) is 12.6 Å². The third-order valence-corrected chi connectivity index (χ3v) is 4.97. The van der Waals surface area contributed by atoms with Gasteiger partial charge in [-0.25, -0.2) is 4.98 Å². The summed E-state index contributed by atoms with van der Waals surface area (Å²) in [6, 6.07) is -0.299. The Morgan fingerprint density at radius 1 is 1.61 bits per heavy atom. The summed E-state index contributed by atoms with van der Waals surface area (Å²) >= 11 is 1.43. The molecule has 0 saturated heterocycles. The molecule has 0 amide bonds. The van der Waals surface area contributed by atoms with Crippen LogP contribution in [0.2, 0.25) is 0 Å². The van der Waals surface area contributed by atoms with Crippen LogP contribution in [0.3, 0.4) is 0 Å². The van der Waals surface area contributed by atoms with Crippen molar-refractivity contribution in [2.75, 3.05) is 20.2 Å². The van der Waals surface area contributed by atoms with Crippen LogP contribution in [0.5, 0.6) is 0 Å². The van der Waals surface area contributed by atoms with Crippen molar-refractivity contribution in [2.24, 2.45) is 0 Å². The molecule has 0 fully saturated rings. The minimum atomic E-state index is -3.53. The van der Waals surface area contributed by atoms with E-state index in [0.29, 0.717) is 19.4 Å². The standard InChI is InChI=1S/C10H19N3O3S2/c1-3-9(10-11-5-8-17-10)12-18(15,16)13(2)6-4-7-14/h5,8-9,12,14H,3-4,6-7H2,1-2H3. The van der Waals surface area contributed by atoms with E-state index in [1.807, 2.05) is 12.3 Å². The van der Waals surface area contributed by atoms with Crippen LogP contribution in [0.1, 0.15) is 30.8 Å². The van der Waals surface area contributed by atoms with Crippen molar-refractivity contribution in [3.8, 4) is 0 Å². The Labute approximate surface area is 112 Å². The van der Waals surface area contributed by atoms with E-state index < -0.39 is 10.2 Å². The molecule has 1 aromatic rings. The first-order valence-corrected chi connectivity index (χ1v) is 8.07. The van der Waals surface area contributed by atoms with Gasteiger partial charge in [0.15, 0.2) is 0 Å². The molecule has 0 radical (unpaired) electrons. The normalized spacial score (nSPS) is 14.0. The highest BCUT2D eigenvalue weighted by atomic mass is 32.2. The van der Waals surface area contributed by atoms with E-state index in [4.69, 9.17) is 5.11 Å². The fourth-order valence-electron chi connectivity index (χ4n) is 1.40. The minimum Gasteiger partial charge on any atom is -0.396 e. The van der Waals surface area contributed by atoms with Crippen molar-refractivity contribution in [3.05, 3.63) is 16.6 Å². The quantitative estimate of drug-likeness (QED) is 0.741. The molecule has 104 valence electrons. The van der Waals surface area contributed by atoms with E-state index in [9.17, 15) is 8.42 Å². The van der Waals surface area contributed by atoms with Gasteiger partial charge in [0, 0.05) is 31.8 Å². The van der Waals surface area contributed by atoms with Gasteiger partial charge >= 0.3 is 0 Å². The van der Waals surface area contributed by atoms with Crippen LogP contribution < -0.4 is 4.72 Å². The molecule has 1 unspecified atom stereocenters. The highest BCUT2D eigenvalue weighted by Crippen LogP contribution is 2.20. The molecule has 0 saturated carbocycles. The lowest BCUT2D eigenvalue weighted by Crippen LogP contribution is -2.40. The number of hydrogen-bond donors (Lipinski definition) is 2. The lowest BCUT2D eigenvalue weighted by Gasteiger charge is -2.21. The lowest BCUT2D eigenvalue weighted by atomic mass is 10.3. The van der Waals surface area contributed by atoms with Crippen LogP contribution in [0.15, 0.2) is 11.6 Å². The number of thiazole rings is 1. The summed E-state index contributed by atoms with van der Waals surface area (Å²) in [6.45, 7) is 2.17. The smallest absolute Gasteiger partial charge is 0.279 e. The van der Waals surface area contributed by atoms with E-state index in [1.54, 1.807) is 6.20 Å². The summed E-state index contributed by atoms with van der Waals surface area (Å²) in [5, 5.41) is 11.3. The Kier molecular flexibility index (Phi) is 6.16. The summed E-state index contributed by atoms with van der Waals surface area (Å²) in [5.74, 6) is 0. The van der Waals surface area contributed by atoms with Gasteiger partial charge in [-0.1, -0.05) is 6.92 Å². The van der Waals surface area contributed by atoms with Crippen LogP contribution in [0.25, 0.3) is 0 Å². The van der Waals surface area contributed by atoms with Gasteiger partial charge in [-0.3, -0.25) is 0 Å². The highest BCUT2D eigenvalue weighted by Gasteiger charge is 2.23. The van der Waals surface area contributed by atoms with Gasteiger partial charge < -0.3 is 5.11 Å². The summed E-state index contributed by atoms with van der Waals surface area (Å²) in [5.41, 5.74) is 0. The Hall–Kier alpha value is -0.540. The second kappa shape index (κ2) is 7.15. The molecule has 0 bridgehead atoms.